The maximum absolute atomic E-state index is 11.6. The summed E-state index contributed by atoms with van der Waals surface area (Å²) in [6.45, 7) is -0.119. The molecule has 0 aliphatic rings. The summed E-state index contributed by atoms with van der Waals surface area (Å²) in [6, 6.07) is 16.1. The molecule has 0 unspecified atom stereocenters. The van der Waals surface area contributed by atoms with Gasteiger partial charge in [0.05, 0.1) is 17.8 Å². The Morgan fingerprint density at radius 3 is 2.55 bits per heavy atom. The number of amides is 1. The lowest BCUT2D eigenvalue weighted by atomic mass is 10.2. The molecule has 0 aromatic heterocycles. The average molecular weight is 358 g/mol. The Kier molecular flexibility index (Phi) is 5.69. The second-order valence-electron chi connectivity index (χ2n) is 4.27. The molecule has 0 heterocycles. The number of carbonyl (C=O) groups is 1. The van der Waals surface area contributed by atoms with E-state index in [1.165, 1.54) is 6.21 Å². The van der Waals surface area contributed by atoms with Crippen LogP contribution in [0, 0.1) is 11.3 Å². The van der Waals surface area contributed by atoms with Crippen molar-refractivity contribution in [2.24, 2.45) is 5.10 Å². The number of hydrogen-bond acceptors (Lipinski definition) is 4. The van der Waals surface area contributed by atoms with E-state index in [1.54, 1.807) is 36.4 Å². The minimum atomic E-state index is -0.354. The number of halogens is 1. The molecule has 0 fully saturated rings. The average Bonchev–Trinajstić information content (AvgIpc) is 2.55. The maximum Gasteiger partial charge on any atom is 0.277 e. The largest absolute Gasteiger partial charge is 0.484 e. The Bertz CT molecular complexity index is 704. The fraction of sp³-hybridized carbons (Fsp3) is 0.0625. The molecular weight excluding hydrogens is 346 g/mol. The smallest absolute Gasteiger partial charge is 0.277 e. The zero-order chi connectivity index (χ0) is 15.8. The van der Waals surface area contributed by atoms with Gasteiger partial charge in [-0.15, -0.1) is 0 Å². The molecule has 2 aromatic carbocycles. The molecule has 0 bridgehead atoms. The van der Waals surface area contributed by atoms with Crippen molar-refractivity contribution in [1.82, 2.24) is 5.43 Å². The van der Waals surface area contributed by atoms with E-state index < -0.39 is 0 Å². The van der Waals surface area contributed by atoms with E-state index >= 15 is 0 Å². The summed E-state index contributed by atoms with van der Waals surface area (Å²) in [4.78, 5) is 11.6. The van der Waals surface area contributed by atoms with E-state index in [-0.39, 0.29) is 12.5 Å². The minimum Gasteiger partial charge on any atom is -0.484 e. The van der Waals surface area contributed by atoms with Crippen LogP contribution >= 0.6 is 15.9 Å². The Morgan fingerprint density at radius 1 is 1.23 bits per heavy atom. The SMILES string of the molecule is N#Cc1ccc(/C=N/NC(=O)COc2ccc(Br)cc2)cc1. The number of rotatable bonds is 5. The van der Waals surface area contributed by atoms with E-state index in [0.717, 1.165) is 10.0 Å². The maximum atomic E-state index is 11.6. The first-order valence-electron chi connectivity index (χ1n) is 6.38. The van der Waals surface area contributed by atoms with Crippen LogP contribution in [0.2, 0.25) is 0 Å². The molecule has 1 N–H and O–H groups in total. The Morgan fingerprint density at radius 2 is 1.91 bits per heavy atom. The summed E-state index contributed by atoms with van der Waals surface area (Å²) in [5, 5.41) is 12.5. The number of benzene rings is 2. The van der Waals surface area contributed by atoms with Crippen LogP contribution in [0.25, 0.3) is 0 Å². The summed E-state index contributed by atoms with van der Waals surface area (Å²) in [5.74, 6) is 0.252. The van der Waals surface area contributed by atoms with Gasteiger partial charge in [0.2, 0.25) is 0 Å². The van der Waals surface area contributed by atoms with Gasteiger partial charge < -0.3 is 4.74 Å². The summed E-state index contributed by atoms with van der Waals surface area (Å²) in [6.07, 6.45) is 1.50. The third-order valence-electron chi connectivity index (χ3n) is 2.63. The zero-order valence-electron chi connectivity index (χ0n) is 11.5. The van der Waals surface area contributed by atoms with Gasteiger partial charge in [-0.1, -0.05) is 28.1 Å². The lowest BCUT2D eigenvalue weighted by Gasteiger charge is -2.04. The van der Waals surface area contributed by atoms with Crippen molar-refractivity contribution < 1.29 is 9.53 Å². The van der Waals surface area contributed by atoms with E-state index in [0.29, 0.717) is 11.3 Å². The molecule has 6 heteroatoms. The highest BCUT2D eigenvalue weighted by Crippen LogP contribution is 2.15. The molecule has 0 radical (unpaired) electrons. The van der Waals surface area contributed by atoms with Gasteiger partial charge in [-0.05, 0) is 42.0 Å². The number of nitrogens with one attached hydrogen (secondary N) is 1. The van der Waals surface area contributed by atoms with E-state index in [2.05, 4.69) is 26.5 Å². The summed E-state index contributed by atoms with van der Waals surface area (Å²) in [5.41, 5.74) is 3.73. The number of ether oxygens (including phenoxy) is 1. The predicted octanol–water partition coefficient (Wildman–Crippen LogP) is 2.85. The van der Waals surface area contributed by atoms with Crippen molar-refractivity contribution in [3.63, 3.8) is 0 Å². The molecular formula is C16H12BrN3O2. The Labute approximate surface area is 136 Å². The number of hydrazone groups is 1. The van der Waals surface area contributed by atoms with Gasteiger partial charge in [-0.25, -0.2) is 5.43 Å². The van der Waals surface area contributed by atoms with Crippen LogP contribution in [0.4, 0.5) is 0 Å². The minimum absolute atomic E-state index is 0.119. The van der Waals surface area contributed by atoms with Crippen LogP contribution in [-0.2, 0) is 4.79 Å². The van der Waals surface area contributed by atoms with E-state index in [1.807, 2.05) is 18.2 Å². The van der Waals surface area contributed by atoms with E-state index in [9.17, 15) is 4.79 Å². The summed E-state index contributed by atoms with van der Waals surface area (Å²) in [7, 11) is 0. The Balaban J connectivity index is 1.78. The topological polar surface area (TPSA) is 74.5 Å². The highest BCUT2D eigenvalue weighted by Gasteiger charge is 2.01. The molecule has 0 saturated carbocycles. The molecule has 2 rings (SSSR count). The standard InChI is InChI=1S/C16H12BrN3O2/c17-14-5-7-15(8-6-14)22-11-16(21)20-19-10-13-3-1-12(9-18)2-4-13/h1-8,10H,11H2,(H,20,21)/b19-10+. The highest BCUT2D eigenvalue weighted by atomic mass is 79.9. The molecule has 0 saturated heterocycles. The zero-order valence-corrected chi connectivity index (χ0v) is 13.1. The van der Waals surface area contributed by atoms with Crippen LogP contribution in [-0.4, -0.2) is 18.7 Å². The van der Waals surface area contributed by atoms with Gasteiger partial charge >= 0.3 is 0 Å². The lowest BCUT2D eigenvalue weighted by Crippen LogP contribution is -2.24. The molecule has 0 aliphatic carbocycles. The Hall–Kier alpha value is -2.65. The van der Waals surface area contributed by atoms with Crippen LogP contribution in [0.5, 0.6) is 5.75 Å². The third-order valence-corrected chi connectivity index (χ3v) is 3.15. The van der Waals surface area contributed by atoms with Gasteiger partial charge in [-0.2, -0.15) is 10.4 Å². The van der Waals surface area contributed by atoms with Gasteiger partial charge in [0.15, 0.2) is 6.61 Å². The quantitative estimate of drug-likeness (QED) is 0.660. The van der Waals surface area contributed by atoms with Gasteiger partial charge in [0.1, 0.15) is 5.75 Å². The first-order valence-corrected chi connectivity index (χ1v) is 7.17. The molecule has 0 aliphatic heterocycles. The fourth-order valence-electron chi connectivity index (χ4n) is 1.53. The van der Waals surface area contributed by atoms with Crippen molar-refractivity contribution in [1.29, 1.82) is 5.26 Å². The second-order valence-corrected chi connectivity index (χ2v) is 5.19. The second kappa shape index (κ2) is 7.96. The van der Waals surface area contributed by atoms with Gasteiger partial charge in [0, 0.05) is 4.47 Å². The number of carbonyl (C=O) groups excluding carboxylic acids is 1. The monoisotopic (exact) mass is 357 g/mol. The van der Waals surface area contributed by atoms with Gasteiger partial charge in [-0.3, -0.25) is 4.79 Å². The molecule has 0 atom stereocenters. The van der Waals surface area contributed by atoms with Crippen molar-refractivity contribution in [2.75, 3.05) is 6.61 Å². The lowest BCUT2D eigenvalue weighted by molar-refractivity contribution is -0.123. The number of nitrogens with zero attached hydrogens (tertiary/aromatic N) is 2. The highest BCUT2D eigenvalue weighted by molar-refractivity contribution is 9.10. The molecule has 110 valence electrons. The van der Waals surface area contributed by atoms with E-state index in [4.69, 9.17) is 10.00 Å². The van der Waals surface area contributed by atoms with Crippen molar-refractivity contribution in [2.45, 2.75) is 0 Å². The van der Waals surface area contributed by atoms with Crippen LogP contribution in [0.15, 0.2) is 58.1 Å². The molecule has 1 amide bonds. The van der Waals surface area contributed by atoms with Crippen LogP contribution in [0.1, 0.15) is 11.1 Å². The van der Waals surface area contributed by atoms with Crippen molar-refractivity contribution in [3.05, 3.63) is 64.1 Å². The van der Waals surface area contributed by atoms with Crippen LogP contribution in [0.3, 0.4) is 0 Å². The number of hydrogen-bond donors (Lipinski definition) is 1. The summed E-state index contributed by atoms with van der Waals surface area (Å²) >= 11 is 3.32. The fourth-order valence-corrected chi connectivity index (χ4v) is 1.80. The molecule has 0 spiro atoms. The number of nitriles is 1. The first-order chi connectivity index (χ1) is 10.7. The van der Waals surface area contributed by atoms with Crippen LogP contribution < -0.4 is 10.2 Å². The third kappa shape index (κ3) is 5.04. The van der Waals surface area contributed by atoms with Crippen molar-refractivity contribution >= 4 is 28.1 Å². The normalized spacial score (nSPS) is 10.2. The molecule has 5 nitrogen and oxygen atoms in total. The van der Waals surface area contributed by atoms with Gasteiger partial charge in [0.25, 0.3) is 5.91 Å². The van der Waals surface area contributed by atoms with Crippen molar-refractivity contribution in [3.8, 4) is 11.8 Å². The summed E-state index contributed by atoms with van der Waals surface area (Å²) < 4.78 is 6.25. The first kappa shape index (κ1) is 15.7. The molecule has 2 aromatic rings. The molecule has 22 heavy (non-hydrogen) atoms. The predicted molar refractivity (Wildman–Crippen MR) is 86.5 cm³/mol.